The van der Waals surface area contributed by atoms with Crippen molar-refractivity contribution in [2.75, 3.05) is 0 Å². The van der Waals surface area contributed by atoms with Crippen LogP contribution < -0.4 is 5.32 Å². The summed E-state index contributed by atoms with van der Waals surface area (Å²) in [5.74, 6) is -0.128. The Morgan fingerprint density at radius 3 is 2.32 bits per heavy atom. The normalized spacial score (nSPS) is 11.7. The van der Waals surface area contributed by atoms with Gasteiger partial charge in [0.15, 0.2) is 5.78 Å². The van der Waals surface area contributed by atoms with Crippen molar-refractivity contribution in [3.8, 4) is 0 Å². The zero-order valence-corrected chi connectivity index (χ0v) is 12.9. The second-order valence-corrected chi connectivity index (χ2v) is 5.36. The molecule has 1 aromatic carbocycles. The highest BCUT2D eigenvalue weighted by molar-refractivity contribution is 5.98. The maximum atomic E-state index is 12.0. The summed E-state index contributed by atoms with van der Waals surface area (Å²) in [5.41, 5.74) is 2.76. The van der Waals surface area contributed by atoms with Crippen LogP contribution in [0.15, 0.2) is 48.8 Å². The molecule has 1 N–H and O–H groups in total. The molecule has 1 aromatic heterocycles. The lowest BCUT2D eigenvalue weighted by molar-refractivity contribution is -0.121. The number of hydrogen-bond acceptors (Lipinski definition) is 3. The molecular weight excluding hydrogens is 276 g/mol. The van der Waals surface area contributed by atoms with Crippen LogP contribution in [0.25, 0.3) is 0 Å². The highest BCUT2D eigenvalue weighted by atomic mass is 16.2. The number of amides is 1. The average molecular weight is 296 g/mol. The molecule has 4 heteroatoms. The topological polar surface area (TPSA) is 59.1 Å². The maximum Gasteiger partial charge on any atom is 0.220 e. The first-order valence-corrected chi connectivity index (χ1v) is 7.35. The van der Waals surface area contributed by atoms with Crippen LogP contribution >= 0.6 is 0 Å². The Morgan fingerprint density at radius 1 is 1.05 bits per heavy atom. The number of rotatable bonds is 6. The number of carbonyl (C=O) groups is 2. The minimum Gasteiger partial charge on any atom is -0.350 e. The van der Waals surface area contributed by atoms with Gasteiger partial charge in [-0.25, -0.2) is 0 Å². The molecular formula is C18H20N2O2. The van der Waals surface area contributed by atoms with Crippen molar-refractivity contribution in [1.29, 1.82) is 0 Å². The van der Waals surface area contributed by atoms with Crippen LogP contribution in [-0.4, -0.2) is 16.7 Å². The number of Topliss-reactive ketones (excluding diaryl/α,β-unsaturated/α-hetero) is 1. The highest BCUT2D eigenvalue weighted by Crippen LogP contribution is 2.11. The molecule has 1 atom stereocenters. The number of ketones is 1. The van der Waals surface area contributed by atoms with Crippen LogP contribution in [0.5, 0.6) is 0 Å². The minimum absolute atomic E-state index is 0.00767. The molecule has 1 heterocycles. The molecule has 2 rings (SSSR count). The SMILES string of the molecule is Cc1ccc(C(=O)CCC(=O)NC(C)c2ccncc2)cc1. The molecule has 2 aromatic rings. The molecule has 1 unspecified atom stereocenters. The maximum absolute atomic E-state index is 12.0. The van der Waals surface area contributed by atoms with Gasteiger partial charge in [-0.05, 0) is 31.5 Å². The van der Waals surface area contributed by atoms with Crippen molar-refractivity contribution >= 4 is 11.7 Å². The number of aryl methyl sites for hydroxylation is 1. The second-order valence-electron chi connectivity index (χ2n) is 5.36. The molecule has 0 saturated heterocycles. The molecule has 0 aliphatic rings. The van der Waals surface area contributed by atoms with Gasteiger partial charge in [-0.15, -0.1) is 0 Å². The standard InChI is InChI=1S/C18H20N2O2/c1-13-3-5-16(6-4-13)17(21)7-8-18(22)20-14(2)15-9-11-19-12-10-15/h3-6,9-12,14H,7-8H2,1-2H3,(H,20,22). The number of nitrogens with zero attached hydrogens (tertiary/aromatic N) is 1. The molecule has 0 fully saturated rings. The fourth-order valence-electron chi connectivity index (χ4n) is 2.16. The Morgan fingerprint density at radius 2 is 1.68 bits per heavy atom. The number of benzene rings is 1. The number of hydrogen-bond donors (Lipinski definition) is 1. The van der Waals surface area contributed by atoms with Gasteiger partial charge in [0.25, 0.3) is 0 Å². The quantitative estimate of drug-likeness (QED) is 0.833. The molecule has 114 valence electrons. The highest BCUT2D eigenvalue weighted by Gasteiger charge is 2.12. The second kappa shape index (κ2) is 7.50. The lowest BCUT2D eigenvalue weighted by Gasteiger charge is -2.13. The van der Waals surface area contributed by atoms with Crippen molar-refractivity contribution in [3.63, 3.8) is 0 Å². The van der Waals surface area contributed by atoms with Gasteiger partial charge in [0.2, 0.25) is 5.91 Å². The van der Waals surface area contributed by atoms with Gasteiger partial charge >= 0.3 is 0 Å². The Hall–Kier alpha value is -2.49. The van der Waals surface area contributed by atoms with E-state index < -0.39 is 0 Å². The Bertz CT molecular complexity index is 636. The summed E-state index contributed by atoms with van der Waals surface area (Å²) in [7, 11) is 0. The van der Waals surface area contributed by atoms with E-state index in [1.54, 1.807) is 24.5 Å². The molecule has 4 nitrogen and oxygen atoms in total. The van der Waals surface area contributed by atoms with Gasteiger partial charge < -0.3 is 5.32 Å². The van der Waals surface area contributed by atoms with Crippen molar-refractivity contribution in [2.45, 2.75) is 32.7 Å². The first kappa shape index (κ1) is 15.9. The lowest BCUT2D eigenvalue weighted by atomic mass is 10.0. The molecule has 0 aliphatic carbocycles. The van der Waals surface area contributed by atoms with Crippen LogP contribution in [0.4, 0.5) is 0 Å². The third kappa shape index (κ3) is 4.52. The Labute approximate surface area is 130 Å². The summed E-state index contributed by atoms with van der Waals surface area (Å²) in [6.45, 7) is 3.89. The molecule has 22 heavy (non-hydrogen) atoms. The first-order valence-electron chi connectivity index (χ1n) is 7.35. The largest absolute Gasteiger partial charge is 0.350 e. The number of carbonyl (C=O) groups excluding carboxylic acids is 2. The average Bonchev–Trinajstić information content (AvgIpc) is 2.54. The molecule has 0 radical (unpaired) electrons. The molecule has 1 amide bonds. The third-order valence-electron chi connectivity index (χ3n) is 3.54. The predicted octanol–water partition coefficient (Wildman–Crippen LogP) is 3.23. The summed E-state index contributed by atoms with van der Waals surface area (Å²) in [5, 5.41) is 2.89. The number of pyridine rings is 1. The van der Waals surface area contributed by atoms with E-state index in [1.165, 1.54) is 0 Å². The number of aromatic nitrogens is 1. The predicted molar refractivity (Wildman–Crippen MR) is 85.5 cm³/mol. The van der Waals surface area contributed by atoms with E-state index >= 15 is 0 Å². The van der Waals surface area contributed by atoms with Crippen molar-refractivity contribution in [2.24, 2.45) is 0 Å². The van der Waals surface area contributed by atoms with Crippen molar-refractivity contribution < 1.29 is 9.59 Å². The molecule has 0 spiro atoms. The van der Waals surface area contributed by atoms with Gasteiger partial charge in [0.05, 0.1) is 6.04 Å². The summed E-state index contributed by atoms with van der Waals surface area (Å²) in [4.78, 5) is 27.9. The fraction of sp³-hybridized carbons (Fsp3) is 0.278. The smallest absolute Gasteiger partial charge is 0.220 e. The van der Waals surface area contributed by atoms with E-state index in [0.717, 1.165) is 11.1 Å². The fourth-order valence-corrected chi connectivity index (χ4v) is 2.16. The molecule has 0 saturated carbocycles. The van der Waals surface area contributed by atoms with Gasteiger partial charge in [0.1, 0.15) is 0 Å². The van der Waals surface area contributed by atoms with E-state index in [2.05, 4.69) is 10.3 Å². The van der Waals surface area contributed by atoms with E-state index in [1.807, 2.05) is 38.1 Å². The van der Waals surface area contributed by atoms with Gasteiger partial charge in [-0.1, -0.05) is 29.8 Å². The zero-order chi connectivity index (χ0) is 15.9. The van der Waals surface area contributed by atoms with Gasteiger partial charge in [-0.3, -0.25) is 14.6 Å². The third-order valence-corrected chi connectivity index (χ3v) is 3.54. The van der Waals surface area contributed by atoms with Crippen LogP contribution in [0.2, 0.25) is 0 Å². The van der Waals surface area contributed by atoms with Crippen molar-refractivity contribution in [3.05, 3.63) is 65.5 Å². The van der Waals surface area contributed by atoms with Crippen LogP contribution in [-0.2, 0) is 4.79 Å². The van der Waals surface area contributed by atoms with E-state index in [-0.39, 0.29) is 30.6 Å². The summed E-state index contributed by atoms with van der Waals surface area (Å²) in [6.07, 6.45) is 3.80. The van der Waals surface area contributed by atoms with Crippen molar-refractivity contribution in [1.82, 2.24) is 10.3 Å². The first-order chi connectivity index (χ1) is 10.6. The Kier molecular flexibility index (Phi) is 5.42. The van der Waals surface area contributed by atoms with Gasteiger partial charge in [0, 0.05) is 30.8 Å². The number of nitrogens with one attached hydrogen (secondary N) is 1. The van der Waals surface area contributed by atoms with E-state index in [0.29, 0.717) is 5.56 Å². The molecule has 0 aliphatic heterocycles. The Balaban J connectivity index is 1.82. The summed E-state index contributed by atoms with van der Waals surface area (Å²) in [6, 6.07) is 11.0. The van der Waals surface area contributed by atoms with Gasteiger partial charge in [-0.2, -0.15) is 0 Å². The van der Waals surface area contributed by atoms with E-state index in [4.69, 9.17) is 0 Å². The van der Waals surface area contributed by atoms with E-state index in [9.17, 15) is 9.59 Å². The van der Waals surface area contributed by atoms with Crippen LogP contribution in [0.1, 0.15) is 47.3 Å². The van der Waals surface area contributed by atoms with Crippen LogP contribution in [0, 0.1) is 6.92 Å². The zero-order valence-electron chi connectivity index (χ0n) is 12.9. The minimum atomic E-state index is -0.121. The summed E-state index contributed by atoms with van der Waals surface area (Å²) >= 11 is 0. The summed E-state index contributed by atoms with van der Waals surface area (Å²) < 4.78 is 0. The monoisotopic (exact) mass is 296 g/mol. The molecule has 0 bridgehead atoms. The van der Waals surface area contributed by atoms with Crippen LogP contribution in [0.3, 0.4) is 0 Å². The lowest BCUT2D eigenvalue weighted by Crippen LogP contribution is -2.26.